The van der Waals surface area contributed by atoms with Crippen LogP contribution >= 0.6 is 0 Å². The van der Waals surface area contributed by atoms with Gasteiger partial charge in [0.2, 0.25) is 0 Å². The van der Waals surface area contributed by atoms with E-state index in [0.717, 1.165) is 31.9 Å². The van der Waals surface area contributed by atoms with Crippen molar-refractivity contribution in [2.24, 2.45) is 7.05 Å². The number of anilines is 1. The quantitative estimate of drug-likeness (QED) is 0.740. The number of hydrogen-bond acceptors (Lipinski definition) is 3. The van der Waals surface area contributed by atoms with E-state index in [0.29, 0.717) is 6.04 Å². The van der Waals surface area contributed by atoms with Gasteiger partial charge in [0, 0.05) is 32.5 Å². The topological polar surface area (TPSA) is 39.1 Å². The molecule has 0 aromatic carbocycles. The summed E-state index contributed by atoms with van der Waals surface area (Å²) in [6.07, 6.45) is 5.96. The molecule has 0 radical (unpaired) electrons. The van der Waals surface area contributed by atoms with Gasteiger partial charge in [0.1, 0.15) is 5.82 Å². The fourth-order valence-electron chi connectivity index (χ4n) is 1.54. The number of aryl methyl sites for hydroxylation is 1. The van der Waals surface area contributed by atoms with Gasteiger partial charge in [-0.3, -0.25) is 0 Å². The molecule has 1 fully saturated rings. The number of imidazole rings is 1. The highest BCUT2D eigenvalue weighted by molar-refractivity contribution is 5.32. The molecule has 1 N–H and O–H groups in total. The van der Waals surface area contributed by atoms with Gasteiger partial charge in [-0.25, -0.2) is 4.98 Å². The Morgan fingerprint density at radius 3 is 2.92 bits per heavy atom. The Morgan fingerprint density at radius 2 is 2.31 bits per heavy atom. The molecule has 4 nitrogen and oxygen atoms in total. The first kappa shape index (κ1) is 8.56. The third kappa shape index (κ3) is 2.21. The van der Waals surface area contributed by atoms with E-state index in [9.17, 15) is 0 Å². The summed E-state index contributed by atoms with van der Waals surface area (Å²) in [5, 5.41) is 3.39. The van der Waals surface area contributed by atoms with Crippen LogP contribution in [0.5, 0.6) is 0 Å². The zero-order valence-electron chi connectivity index (χ0n) is 7.86. The van der Waals surface area contributed by atoms with Gasteiger partial charge in [-0.1, -0.05) is 0 Å². The van der Waals surface area contributed by atoms with E-state index < -0.39 is 0 Å². The van der Waals surface area contributed by atoms with Crippen molar-refractivity contribution in [1.29, 1.82) is 0 Å². The number of nitrogens with one attached hydrogen (secondary N) is 1. The summed E-state index contributed by atoms with van der Waals surface area (Å²) in [6.45, 7) is 1.73. The van der Waals surface area contributed by atoms with Crippen LogP contribution in [0.25, 0.3) is 0 Å². The third-order valence-electron chi connectivity index (χ3n) is 2.28. The lowest BCUT2D eigenvalue weighted by Crippen LogP contribution is -2.27. The Bertz CT molecular complexity index is 266. The standard InChI is InChI=1S/C9H15N3O/c1-12-6-9(10-7-12)11-8-2-4-13-5-3-8/h6-8,11H,2-5H2,1H3. The average Bonchev–Trinajstić information content (AvgIpc) is 2.53. The Balaban J connectivity index is 1.89. The van der Waals surface area contributed by atoms with E-state index in [1.165, 1.54) is 0 Å². The monoisotopic (exact) mass is 181 g/mol. The second kappa shape index (κ2) is 3.79. The molecule has 13 heavy (non-hydrogen) atoms. The van der Waals surface area contributed by atoms with E-state index in [1.807, 2.05) is 24.1 Å². The molecule has 0 atom stereocenters. The molecule has 1 aliphatic heterocycles. The smallest absolute Gasteiger partial charge is 0.144 e. The molecule has 72 valence electrons. The molecule has 1 aliphatic rings. The lowest BCUT2D eigenvalue weighted by molar-refractivity contribution is 0.0904. The van der Waals surface area contributed by atoms with Crippen LogP contribution < -0.4 is 5.32 Å². The van der Waals surface area contributed by atoms with Gasteiger partial charge in [-0.15, -0.1) is 0 Å². The molecule has 0 amide bonds. The second-order valence-corrected chi connectivity index (χ2v) is 3.46. The van der Waals surface area contributed by atoms with Crippen molar-refractivity contribution in [3.8, 4) is 0 Å². The first-order valence-corrected chi connectivity index (χ1v) is 4.67. The maximum Gasteiger partial charge on any atom is 0.144 e. The Labute approximate surface area is 77.9 Å². The third-order valence-corrected chi connectivity index (χ3v) is 2.28. The van der Waals surface area contributed by atoms with E-state index in [1.54, 1.807) is 0 Å². The van der Waals surface area contributed by atoms with Crippen LogP contribution in [-0.4, -0.2) is 28.8 Å². The summed E-state index contributed by atoms with van der Waals surface area (Å²) >= 11 is 0. The van der Waals surface area contributed by atoms with E-state index in [-0.39, 0.29) is 0 Å². The average molecular weight is 181 g/mol. The molecule has 2 rings (SSSR count). The number of nitrogens with zero attached hydrogens (tertiary/aromatic N) is 2. The summed E-state index contributed by atoms with van der Waals surface area (Å²) in [6, 6.07) is 0.531. The maximum absolute atomic E-state index is 5.28. The summed E-state index contributed by atoms with van der Waals surface area (Å²) in [7, 11) is 1.97. The fourth-order valence-corrected chi connectivity index (χ4v) is 1.54. The SMILES string of the molecule is Cn1cnc(NC2CCOCC2)c1. The summed E-state index contributed by atoms with van der Waals surface area (Å²) in [5.74, 6) is 0.967. The number of ether oxygens (including phenoxy) is 1. The molecular weight excluding hydrogens is 166 g/mol. The maximum atomic E-state index is 5.28. The molecule has 2 heterocycles. The Kier molecular flexibility index (Phi) is 2.49. The van der Waals surface area contributed by atoms with Crippen LogP contribution in [-0.2, 0) is 11.8 Å². The Morgan fingerprint density at radius 1 is 1.54 bits per heavy atom. The van der Waals surface area contributed by atoms with Gasteiger partial charge in [0.25, 0.3) is 0 Å². The van der Waals surface area contributed by atoms with Crippen LogP contribution in [0.4, 0.5) is 5.82 Å². The highest BCUT2D eigenvalue weighted by Gasteiger charge is 2.13. The largest absolute Gasteiger partial charge is 0.381 e. The Hall–Kier alpha value is -1.03. The van der Waals surface area contributed by atoms with Crippen molar-refractivity contribution in [3.63, 3.8) is 0 Å². The van der Waals surface area contributed by atoms with Crippen LogP contribution in [0.3, 0.4) is 0 Å². The molecule has 0 unspecified atom stereocenters. The van der Waals surface area contributed by atoms with Gasteiger partial charge >= 0.3 is 0 Å². The van der Waals surface area contributed by atoms with Gasteiger partial charge in [0.15, 0.2) is 0 Å². The first-order valence-electron chi connectivity index (χ1n) is 4.67. The van der Waals surface area contributed by atoms with E-state index in [2.05, 4.69) is 10.3 Å². The van der Waals surface area contributed by atoms with Gasteiger partial charge in [0.05, 0.1) is 6.33 Å². The predicted molar refractivity (Wildman–Crippen MR) is 50.7 cm³/mol. The van der Waals surface area contributed by atoms with Crippen molar-refractivity contribution in [2.45, 2.75) is 18.9 Å². The van der Waals surface area contributed by atoms with Gasteiger partial charge < -0.3 is 14.6 Å². The molecule has 0 bridgehead atoms. The summed E-state index contributed by atoms with van der Waals surface area (Å²) in [4.78, 5) is 4.22. The van der Waals surface area contributed by atoms with Crippen molar-refractivity contribution >= 4 is 5.82 Å². The second-order valence-electron chi connectivity index (χ2n) is 3.46. The molecule has 0 aliphatic carbocycles. The molecule has 0 saturated carbocycles. The number of rotatable bonds is 2. The van der Waals surface area contributed by atoms with Crippen LogP contribution in [0.15, 0.2) is 12.5 Å². The van der Waals surface area contributed by atoms with Crippen LogP contribution in [0.1, 0.15) is 12.8 Å². The van der Waals surface area contributed by atoms with Crippen molar-refractivity contribution in [3.05, 3.63) is 12.5 Å². The van der Waals surface area contributed by atoms with E-state index in [4.69, 9.17) is 4.74 Å². The lowest BCUT2D eigenvalue weighted by atomic mass is 10.1. The zero-order chi connectivity index (χ0) is 9.10. The molecule has 1 saturated heterocycles. The van der Waals surface area contributed by atoms with Crippen molar-refractivity contribution < 1.29 is 4.74 Å². The summed E-state index contributed by atoms with van der Waals surface area (Å²) < 4.78 is 7.22. The lowest BCUT2D eigenvalue weighted by Gasteiger charge is -2.22. The minimum Gasteiger partial charge on any atom is -0.381 e. The van der Waals surface area contributed by atoms with Crippen LogP contribution in [0.2, 0.25) is 0 Å². The van der Waals surface area contributed by atoms with Crippen LogP contribution in [0, 0.1) is 0 Å². The number of hydrogen-bond donors (Lipinski definition) is 1. The number of aromatic nitrogens is 2. The highest BCUT2D eigenvalue weighted by atomic mass is 16.5. The highest BCUT2D eigenvalue weighted by Crippen LogP contribution is 2.12. The molecule has 1 aromatic heterocycles. The minimum atomic E-state index is 0.531. The molecule has 1 aromatic rings. The first-order chi connectivity index (χ1) is 6.34. The predicted octanol–water partition coefficient (Wildman–Crippen LogP) is 1.01. The zero-order valence-corrected chi connectivity index (χ0v) is 7.86. The van der Waals surface area contributed by atoms with Crippen molar-refractivity contribution in [2.75, 3.05) is 18.5 Å². The minimum absolute atomic E-state index is 0.531. The summed E-state index contributed by atoms with van der Waals surface area (Å²) in [5.41, 5.74) is 0. The van der Waals surface area contributed by atoms with Gasteiger partial charge in [-0.2, -0.15) is 0 Å². The van der Waals surface area contributed by atoms with Crippen molar-refractivity contribution in [1.82, 2.24) is 9.55 Å². The molecule has 0 spiro atoms. The van der Waals surface area contributed by atoms with E-state index >= 15 is 0 Å². The fraction of sp³-hybridized carbons (Fsp3) is 0.667. The molecule has 4 heteroatoms. The molecular formula is C9H15N3O. The van der Waals surface area contributed by atoms with Gasteiger partial charge in [-0.05, 0) is 12.8 Å². The normalized spacial score (nSPS) is 18.8.